The van der Waals surface area contributed by atoms with Gasteiger partial charge in [0, 0.05) is 0 Å². The Hall–Kier alpha value is -0.570. The van der Waals surface area contributed by atoms with E-state index in [-0.39, 0.29) is 11.5 Å². The number of ether oxygens (including phenoxy) is 1. The van der Waals surface area contributed by atoms with E-state index in [4.69, 9.17) is 4.74 Å². The second-order valence-electron chi connectivity index (χ2n) is 6.47. The van der Waals surface area contributed by atoms with Gasteiger partial charge in [-0.3, -0.25) is 0 Å². The number of esters is 1. The van der Waals surface area contributed by atoms with Gasteiger partial charge >= 0.3 is 5.97 Å². The molecular formula is C14H26O3. The van der Waals surface area contributed by atoms with Crippen molar-refractivity contribution in [3.63, 3.8) is 0 Å². The van der Waals surface area contributed by atoms with Gasteiger partial charge in [0.2, 0.25) is 0 Å². The Labute approximate surface area is 105 Å². The van der Waals surface area contributed by atoms with E-state index < -0.39 is 12.1 Å². The van der Waals surface area contributed by atoms with E-state index in [0.717, 1.165) is 12.8 Å². The van der Waals surface area contributed by atoms with Gasteiger partial charge in [-0.1, -0.05) is 27.7 Å². The van der Waals surface area contributed by atoms with Crippen LogP contribution in [0, 0.1) is 17.3 Å². The zero-order valence-corrected chi connectivity index (χ0v) is 11.7. The van der Waals surface area contributed by atoms with Gasteiger partial charge in [-0.2, -0.15) is 0 Å². The highest BCUT2D eigenvalue weighted by Crippen LogP contribution is 2.42. The predicted molar refractivity (Wildman–Crippen MR) is 67.5 cm³/mol. The van der Waals surface area contributed by atoms with E-state index in [1.54, 1.807) is 0 Å². The van der Waals surface area contributed by atoms with Gasteiger partial charge in [-0.25, -0.2) is 4.79 Å². The summed E-state index contributed by atoms with van der Waals surface area (Å²) in [6, 6.07) is 0. The van der Waals surface area contributed by atoms with Crippen molar-refractivity contribution < 1.29 is 14.6 Å². The van der Waals surface area contributed by atoms with Gasteiger partial charge in [0.05, 0.1) is 0 Å². The molecule has 1 rings (SSSR count). The first-order valence-corrected chi connectivity index (χ1v) is 6.61. The second kappa shape index (κ2) is 5.38. The predicted octanol–water partition coefficient (Wildman–Crippen LogP) is 2.76. The quantitative estimate of drug-likeness (QED) is 0.774. The van der Waals surface area contributed by atoms with Gasteiger partial charge in [0.1, 0.15) is 12.2 Å². The molecule has 3 heteroatoms. The molecule has 0 aliphatic heterocycles. The number of aliphatic hydroxyl groups excluding tert-OH is 1. The van der Waals surface area contributed by atoms with Crippen molar-refractivity contribution in [2.45, 2.75) is 66.1 Å². The molecule has 3 nitrogen and oxygen atoms in total. The van der Waals surface area contributed by atoms with E-state index in [1.165, 1.54) is 13.3 Å². The third-order valence-corrected chi connectivity index (χ3v) is 3.85. The van der Waals surface area contributed by atoms with E-state index >= 15 is 0 Å². The molecule has 0 bridgehead atoms. The van der Waals surface area contributed by atoms with Gasteiger partial charge < -0.3 is 9.84 Å². The number of hydrogen-bond acceptors (Lipinski definition) is 3. The minimum Gasteiger partial charge on any atom is -0.460 e. The highest BCUT2D eigenvalue weighted by atomic mass is 16.6. The number of carbonyl (C=O) groups excluding carboxylic acids is 1. The molecule has 17 heavy (non-hydrogen) atoms. The van der Waals surface area contributed by atoms with Crippen LogP contribution in [0.2, 0.25) is 0 Å². The molecule has 1 saturated carbocycles. The maximum Gasteiger partial charge on any atom is 0.334 e. The highest BCUT2D eigenvalue weighted by Gasteiger charge is 2.38. The molecule has 1 aliphatic carbocycles. The molecule has 0 saturated heterocycles. The summed E-state index contributed by atoms with van der Waals surface area (Å²) in [5, 5.41) is 9.23. The lowest BCUT2D eigenvalue weighted by Crippen LogP contribution is -2.40. The Bertz CT molecular complexity index is 269. The Morgan fingerprint density at radius 3 is 2.41 bits per heavy atom. The fraction of sp³-hybridized carbons (Fsp3) is 0.929. The Balaban J connectivity index is 2.71. The molecule has 100 valence electrons. The first-order valence-electron chi connectivity index (χ1n) is 6.61. The summed E-state index contributed by atoms with van der Waals surface area (Å²) in [4.78, 5) is 11.5. The van der Waals surface area contributed by atoms with Gasteiger partial charge in [0.15, 0.2) is 0 Å². The minimum atomic E-state index is -1.02. The van der Waals surface area contributed by atoms with Crippen LogP contribution in [-0.4, -0.2) is 23.3 Å². The van der Waals surface area contributed by atoms with Crippen LogP contribution in [0.25, 0.3) is 0 Å². The van der Waals surface area contributed by atoms with Crippen molar-refractivity contribution >= 4 is 5.97 Å². The maximum atomic E-state index is 11.5. The van der Waals surface area contributed by atoms with Crippen LogP contribution < -0.4 is 0 Å². The van der Waals surface area contributed by atoms with Crippen LogP contribution in [0.4, 0.5) is 0 Å². The number of rotatable bonds is 3. The largest absolute Gasteiger partial charge is 0.460 e. The molecule has 0 radical (unpaired) electrons. The van der Waals surface area contributed by atoms with Gasteiger partial charge in [-0.05, 0) is 43.4 Å². The summed E-state index contributed by atoms with van der Waals surface area (Å²) in [5.74, 6) is 0.446. The summed E-state index contributed by atoms with van der Waals surface area (Å²) in [5.41, 5.74) is 0.231. The average Bonchev–Trinajstić information content (AvgIpc) is 2.15. The zero-order chi connectivity index (χ0) is 13.2. The molecule has 1 aliphatic rings. The van der Waals surface area contributed by atoms with Crippen LogP contribution in [0.3, 0.4) is 0 Å². The molecule has 0 aromatic carbocycles. The van der Waals surface area contributed by atoms with Crippen molar-refractivity contribution in [1.29, 1.82) is 0 Å². The molecule has 0 aromatic heterocycles. The topological polar surface area (TPSA) is 46.5 Å². The van der Waals surface area contributed by atoms with E-state index in [9.17, 15) is 9.90 Å². The highest BCUT2D eigenvalue weighted by molar-refractivity contribution is 5.74. The zero-order valence-electron chi connectivity index (χ0n) is 11.7. The summed E-state index contributed by atoms with van der Waals surface area (Å²) in [6.45, 7) is 10.2. The van der Waals surface area contributed by atoms with Crippen LogP contribution >= 0.6 is 0 Å². The number of carbonyl (C=O) groups is 1. The van der Waals surface area contributed by atoms with Crippen LogP contribution in [0.1, 0.15) is 53.9 Å². The summed E-state index contributed by atoms with van der Waals surface area (Å²) in [7, 11) is 0. The molecule has 1 fully saturated rings. The van der Waals surface area contributed by atoms with Gasteiger partial charge in [-0.15, -0.1) is 0 Å². The van der Waals surface area contributed by atoms with Crippen LogP contribution in [0.5, 0.6) is 0 Å². The van der Waals surface area contributed by atoms with Gasteiger partial charge in [0.25, 0.3) is 0 Å². The molecule has 0 amide bonds. The fourth-order valence-corrected chi connectivity index (χ4v) is 2.68. The van der Waals surface area contributed by atoms with Crippen molar-refractivity contribution in [2.24, 2.45) is 17.3 Å². The monoisotopic (exact) mass is 242 g/mol. The standard InChI is InChI=1S/C14H26O3/c1-9(2)11-6-7-14(4,5)8-12(11)17-13(16)10(3)15/h9-12,15H,6-8H2,1-5H3. The molecule has 3 unspecified atom stereocenters. The number of hydrogen-bond donors (Lipinski definition) is 1. The first kappa shape index (κ1) is 14.5. The van der Waals surface area contributed by atoms with Crippen LogP contribution in [-0.2, 0) is 9.53 Å². The van der Waals surface area contributed by atoms with E-state index in [0.29, 0.717) is 11.8 Å². The lowest BCUT2D eigenvalue weighted by Gasteiger charge is -2.42. The van der Waals surface area contributed by atoms with Crippen molar-refractivity contribution in [3.05, 3.63) is 0 Å². The molecule has 0 spiro atoms. The number of aliphatic hydroxyl groups is 1. The smallest absolute Gasteiger partial charge is 0.334 e. The Kier molecular flexibility index (Phi) is 4.59. The Morgan fingerprint density at radius 2 is 1.94 bits per heavy atom. The Morgan fingerprint density at radius 1 is 1.35 bits per heavy atom. The molecular weight excluding hydrogens is 216 g/mol. The van der Waals surface area contributed by atoms with E-state index in [1.807, 2.05) is 0 Å². The third kappa shape index (κ3) is 3.98. The van der Waals surface area contributed by atoms with Crippen LogP contribution in [0.15, 0.2) is 0 Å². The molecule has 1 N–H and O–H groups in total. The third-order valence-electron chi connectivity index (χ3n) is 3.85. The summed E-state index contributed by atoms with van der Waals surface area (Å²) < 4.78 is 5.47. The normalized spacial score (nSPS) is 30.1. The fourth-order valence-electron chi connectivity index (χ4n) is 2.68. The first-order chi connectivity index (χ1) is 7.73. The van der Waals surface area contributed by atoms with Crippen molar-refractivity contribution in [1.82, 2.24) is 0 Å². The van der Waals surface area contributed by atoms with E-state index in [2.05, 4.69) is 27.7 Å². The molecule has 0 heterocycles. The maximum absolute atomic E-state index is 11.5. The molecule has 3 atom stereocenters. The van der Waals surface area contributed by atoms with Crippen molar-refractivity contribution in [2.75, 3.05) is 0 Å². The average molecular weight is 242 g/mol. The molecule has 0 aromatic rings. The SMILES string of the molecule is CC(O)C(=O)OC1CC(C)(C)CCC1C(C)C. The summed E-state index contributed by atoms with van der Waals surface area (Å²) >= 11 is 0. The summed E-state index contributed by atoms with van der Waals surface area (Å²) in [6.07, 6.45) is 2.11. The lowest BCUT2D eigenvalue weighted by atomic mass is 9.68. The van der Waals surface area contributed by atoms with Crippen molar-refractivity contribution in [3.8, 4) is 0 Å². The minimum absolute atomic E-state index is 0.0409. The lowest BCUT2D eigenvalue weighted by molar-refractivity contribution is -0.166. The second-order valence-corrected chi connectivity index (χ2v) is 6.47.